The molecule has 2 N–H and O–H groups in total. The zero-order valence-electron chi connectivity index (χ0n) is 14.2. The maximum atomic E-state index is 12.2. The normalized spacial score (nSPS) is 14.4. The monoisotopic (exact) mass is 353 g/mol. The van der Waals surface area contributed by atoms with Crippen LogP contribution < -0.4 is 10.6 Å². The molecule has 0 saturated carbocycles. The zero-order valence-corrected chi connectivity index (χ0v) is 15.0. The summed E-state index contributed by atoms with van der Waals surface area (Å²) in [4.78, 5) is 23.1. The average molecular weight is 354 g/mol. The smallest absolute Gasteiger partial charge is 0.273 e. The molecule has 1 aromatic rings. The van der Waals surface area contributed by atoms with Gasteiger partial charge in [0.05, 0.1) is 4.92 Å². The van der Waals surface area contributed by atoms with Crippen LogP contribution in [0.1, 0.15) is 43.1 Å². The van der Waals surface area contributed by atoms with E-state index < -0.39 is 4.92 Å². The van der Waals surface area contributed by atoms with Gasteiger partial charge in [0.15, 0.2) is 0 Å². The van der Waals surface area contributed by atoms with Gasteiger partial charge in [-0.1, -0.05) is 38.5 Å². The highest BCUT2D eigenvalue weighted by molar-refractivity contribution is 5.95. The highest BCUT2D eigenvalue weighted by Crippen LogP contribution is 2.31. The van der Waals surface area contributed by atoms with Crippen molar-refractivity contribution in [2.24, 2.45) is 0 Å². The average Bonchev–Trinajstić information content (AvgIpc) is 2.52. The van der Waals surface area contributed by atoms with E-state index in [4.69, 9.17) is 0 Å². The lowest BCUT2D eigenvalue weighted by molar-refractivity contribution is -0.386. The van der Waals surface area contributed by atoms with Gasteiger partial charge in [0.25, 0.3) is 11.6 Å². The Morgan fingerprint density at radius 3 is 2.62 bits per heavy atom. The Morgan fingerprint density at radius 2 is 2.08 bits per heavy atom. The minimum Gasteiger partial charge on any atom is -0.348 e. The van der Waals surface area contributed by atoms with Crippen molar-refractivity contribution >= 4 is 24.0 Å². The molecule has 2 rings (SSSR count). The Morgan fingerprint density at radius 1 is 1.38 bits per heavy atom. The third-order valence-electron chi connectivity index (χ3n) is 3.90. The first-order valence-electron chi connectivity index (χ1n) is 7.75. The van der Waals surface area contributed by atoms with E-state index in [9.17, 15) is 14.9 Å². The molecule has 0 saturated heterocycles. The molecular weight excluding hydrogens is 330 g/mol. The summed E-state index contributed by atoms with van der Waals surface area (Å²) in [6, 6.07) is 4.70. The summed E-state index contributed by atoms with van der Waals surface area (Å²) in [5.41, 5.74) is 1.76. The molecule has 1 aliphatic heterocycles. The molecule has 1 amide bonds. The zero-order chi connectivity index (χ0) is 17.0. The molecule has 0 fully saturated rings. The Hall–Kier alpha value is -1.92. The molecule has 7 heteroatoms. The molecule has 6 nitrogen and oxygen atoms in total. The molecule has 0 bridgehead atoms. The van der Waals surface area contributed by atoms with Crippen molar-refractivity contribution in [1.82, 2.24) is 10.6 Å². The van der Waals surface area contributed by atoms with Crippen LogP contribution in [0.25, 0.3) is 0 Å². The van der Waals surface area contributed by atoms with Crippen LogP contribution in [0.15, 0.2) is 29.8 Å². The topological polar surface area (TPSA) is 84.3 Å². The van der Waals surface area contributed by atoms with Crippen LogP contribution >= 0.6 is 12.4 Å². The number of benzene rings is 1. The number of nitro benzene ring substituents is 1. The molecule has 1 heterocycles. The van der Waals surface area contributed by atoms with Gasteiger partial charge >= 0.3 is 0 Å². The van der Waals surface area contributed by atoms with Gasteiger partial charge in [0, 0.05) is 30.3 Å². The number of carbonyl (C=O) groups is 1. The van der Waals surface area contributed by atoms with Gasteiger partial charge in [0.1, 0.15) is 0 Å². The van der Waals surface area contributed by atoms with Crippen molar-refractivity contribution in [2.75, 3.05) is 19.6 Å². The Kier molecular flexibility index (Phi) is 6.93. The van der Waals surface area contributed by atoms with E-state index >= 15 is 0 Å². The van der Waals surface area contributed by atoms with Gasteiger partial charge in [-0.2, -0.15) is 0 Å². The number of nitro groups is 1. The number of nitrogens with zero attached hydrogens (tertiary/aromatic N) is 1. The van der Waals surface area contributed by atoms with Crippen LogP contribution in [0.4, 0.5) is 5.69 Å². The third-order valence-corrected chi connectivity index (χ3v) is 3.90. The fraction of sp³-hybridized carbons (Fsp3) is 0.471. The summed E-state index contributed by atoms with van der Waals surface area (Å²) in [7, 11) is 0. The Labute approximate surface area is 148 Å². The molecule has 0 atom stereocenters. The number of halogens is 1. The van der Waals surface area contributed by atoms with Crippen molar-refractivity contribution < 1.29 is 9.72 Å². The second kappa shape index (κ2) is 8.26. The van der Waals surface area contributed by atoms with Crippen molar-refractivity contribution in [1.29, 1.82) is 0 Å². The van der Waals surface area contributed by atoms with Crippen molar-refractivity contribution in [3.8, 4) is 0 Å². The van der Waals surface area contributed by atoms with Gasteiger partial charge in [0.2, 0.25) is 0 Å². The van der Waals surface area contributed by atoms with Crippen molar-refractivity contribution in [3.63, 3.8) is 0 Å². The van der Waals surface area contributed by atoms with Gasteiger partial charge in [-0.05, 0) is 24.4 Å². The fourth-order valence-corrected chi connectivity index (χ4v) is 2.58. The SMILES string of the molecule is CC(C)(C)c1ccc(C(=O)NCC2=CCNCC2)cc1[N+](=O)[O-].Cl. The minimum atomic E-state index is -0.424. The molecular formula is C17H24ClN3O3. The second-order valence-corrected chi connectivity index (χ2v) is 6.74. The standard InChI is InChI=1S/C17H23N3O3.ClH/c1-17(2,3)14-5-4-13(10-15(14)20(22)23)16(21)19-11-12-6-8-18-9-7-12;/h4-6,10,18H,7-9,11H2,1-3H3,(H,19,21);1H. The van der Waals surface area contributed by atoms with Gasteiger partial charge in [-0.15, -0.1) is 12.4 Å². The van der Waals surface area contributed by atoms with E-state index in [-0.39, 0.29) is 29.4 Å². The summed E-state index contributed by atoms with van der Waals surface area (Å²) in [5, 5.41) is 17.4. The lowest BCUT2D eigenvalue weighted by Crippen LogP contribution is -2.29. The fourth-order valence-electron chi connectivity index (χ4n) is 2.58. The third kappa shape index (κ3) is 5.04. The number of nitrogens with one attached hydrogen (secondary N) is 2. The quantitative estimate of drug-likeness (QED) is 0.495. The predicted octanol–water partition coefficient (Wildman–Crippen LogP) is 2.96. The molecule has 0 unspecified atom stereocenters. The Bertz CT molecular complexity index is 651. The van der Waals surface area contributed by atoms with Gasteiger partial charge in [-0.3, -0.25) is 14.9 Å². The largest absolute Gasteiger partial charge is 0.348 e. The lowest BCUT2D eigenvalue weighted by Gasteiger charge is -2.19. The van der Waals surface area contributed by atoms with E-state index in [1.807, 2.05) is 20.8 Å². The summed E-state index contributed by atoms with van der Waals surface area (Å²) in [6.07, 6.45) is 2.97. The Balaban J connectivity index is 0.00000288. The minimum absolute atomic E-state index is 0. The highest BCUT2D eigenvalue weighted by atomic mass is 35.5. The number of carbonyl (C=O) groups excluding carboxylic acids is 1. The summed E-state index contributed by atoms with van der Waals surface area (Å²) < 4.78 is 0. The van der Waals surface area contributed by atoms with Gasteiger partial charge < -0.3 is 10.6 Å². The van der Waals surface area contributed by atoms with E-state index in [0.29, 0.717) is 17.7 Å². The number of hydrogen-bond acceptors (Lipinski definition) is 4. The summed E-state index contributed by atoms with van der Waals surface area (Å²) in [6.45, 7) is 7.95. The molecule has 0 aliphatic carbocycles. The van der Waals surface area contributed by atoms with Crippen LogP contribution in [-0.2, 0) is 5.41 Å². The summed E-state index contributed by atoms with van der Waals surface area (Å²) >= 11 is 0. The molecule has 0 spiro atoms. The number of hydrogen-bond donors (Lipinski definition) is 2. The number of amides is 1. The lowest BCUT2D eigenvalue weighted by atomic mass is 9.85. The van der Waals surface area contributed by atoms with Crippen LogP contribution in [-0.4, -0.2) is 30.5 Å². The van der Waals surface area contributed by atoms with E-state index in [0.717, 1.165) is 19.5 Å². The van der Waals surface area contributed by atoms with E-state index in [1.54, 1.807) is 12.1 Å². The van der Waals surface area contributed by atoms with Crippen molar-refractivity contribution in [2.45, 2.75) is 32.6 Å². The van der Waals surface area contributed by atoms with Gasteiger partial charge in [-0.25, -0.2) is 0 Å². The first kappa shape index (κ1) is 20.1. The first-order chi connectivity index (χ1) is 10.8. The summed E-state index contributed by atoms with van der Waals surface area (Å²) in [5.74, 6) is -0.284. The van der Waals surface area contributed by atoms with Crippen LogP contribution in [0, 0.1) is 10.1 Å². The second-order valence-electron chi connectivity index (χ2n) is 6.74. The van der Waals surface area contributed by atoms with E-state index in [1.165, 1.54) is 11.6 Å². The predicted molar refractivity (Wildman–Crippen MR) is 96.9 cm³/mol. The molecule has 24 heavy (non-hydrogen) atoms. The number of rotatable bonds is 4. The molecule has 1 aliphatic rings. The first-order valence-corrected chi connectivity index (χ1v) is 7.75. The molecule has 0 radical (unpaired) electrons. The van der Waals surface area contributed by atoms with Crippen LogP contribution in [0.5, 0.6) is 0 Å². The molecule has 1 aromatic carbocycles. The molecule has 0 aromatic heterocycles. The highest BCUT2D eigenvalue weighted by Gasteiger charge is 2.26. The van der Waals surface area contributed by atoms with Crippen molar-refractivity contribution in [3.05, 3.63) is 51.1 Å². The maximum Gasteiger partial charge on any atom is 0.273 e. The van der Waals surface area contributed by atoms with E-state index in [2.05, 4.69) is 16.7 Å². The maximum absolute atomic E-state index is 12.2. The molecule has 132 valence electrons. The van der Waals surface area contributed by atoms with Crippen LogP contribution in [0.3, 0.4) is 0 Å². The van der Waals surface area contributed by atoms with Crippen LogP contribution in [0.2, 0.25) is 0 Å².